The molecule has 1 aromatic carbocycles. The van der Waals surface area contributed by atoms with Gasteiger partial charge in [-0.1, -0.05) is 30.5 Å². The van der Waals surface area contributed by atoms with E-state index in [4.69, 9.17) is 17.3 Å². The fourth-order valence-corrected chi connectivity index (χ4v) is 3.04. The van der Waals surface area contributed by atoms with Gasteiger partial charge in [0.25, 0.3) is 0 Å². The molecule has 1 aliphatic carbocycles. The third-order valence-electron chi connectivity index (χ3n) is 3.68. The Bertz CT molecular complexity index is 378. The van der Waals surface area contributed by atoms with Gasteiger partial charge in [0.2, 0.25) is 0 Å². The van der Waals surface area contributed by atoms with Crippen molar-refractivity contribution in [2.75, 3.05) is 0 Å². The van der Waals surface area contributed by atoms with E-state index < -0.39 is 0 Å². The van der Waals surface area contributed by atoms with Crippen LogP contribution >= 0.6 is 11.6 Å². The standard InChI is InChI=1S/C13H18ClN/c1-9-5-6-11(14)12(10(9)2)13(15)7-3-4-8-13/h5-6H,3-4,7-8,15H2,1-2H3. The van der Waals surface area contributed by atoms with Crippen LogP contribution in [0.1, 0.15) is 42.4 Å². The van der Waals surface area contributed by atoms with Crippen LogP contribution in [0.3, 0.4) is 0 Å². The number of rotatable bonds is 1. The number of benzene rings is 1. The first-order chi connectivity index (χ1) is 7.04. The minimum Gasteiger partial charge on any atom is -0.321 e. The van der Waals surface area contributed by atoms with Crippen molar-refractivity contribution in [3.8, 4) is 0 Å². The fourth-order valence-electron chi connectivity index (χ4n) is 2.65. The molecule has 0 radical (unpaired) electrons. The average Bonchev–Trinajstić information content (AvgIpc) is 2.60. The van der Waals surface area contributed by atoms with Crippen molar-refractivity contribution in [3.05, 3.63) is 33.8 Å². The second kappa shape index (κ2) is 3.80. The van der Waals surface area contributed by atoms with Gasteiger partial charge in [0.05, 0.1) is 0 Å². The molecule has 2 rings (SSSR count). The van der Waals surface area contributed by atoms with Crippen molar-refractivity contribution >= 4 is 11.6 Å². The van der Waals surface area contributed by atoms with Gasteiger partial charge in [-0.05, 0) is 49.4 Å². The molecule has 0 amide bonds. The van der Waals surface area contributed by atoms with Crippen molar-refractivity contribution in [3.63, 3.8) is 0 Å². The lowest BCUT2D eigenvalue weighted by molar-refractivity contribution is 0.459. The van der Waals surface area contributed by atoms with Crippen molar-refractivity contribution in [2.45, 2.75) is 45.1 Å². The third-order valence-corrected chi connectivity index (χ3v) is 3.99. The second-order valence-electron chi connectivity index (χ2n) is 4.73. The molecule has 15 heavy (non-hydrogen) atoms. The first-order valence-corrected chi connectivity index (χ1v) is 5.97. The molecule has 2 heteroatoms. The van der Waals surface area contributed by atoms with Crippen LogP contribution in [0.4, 0.5) is 0 Å². The summed E-state index contributed by atoms with van der Waals surface area (Å²) in [5, 5.41) is 0.836. The number of hydrogen-bond acceptors (Lipinski definition) is 1. The molecule has 1 nitrogen and oxygen atoms in total. The highest BCUT2D eigenvalue weighted by Crippen LogP contribution is 2.41. The highest BCUT2D eigenvalue weighted by molar-refractivity contribution is 6.31. The molecule has 82 valence electrons. The predicted octanol–water partition coefficient (Wildman–Crippen LogP) is 3.68. The Hall–Kier alpha value is -0.530. The molecular formula is C13H18ClN. The first kappa shape index (κ1) is 11.0. The molecule has 0 heterocycles. The lowest BCUT2D eigenvalue weighted by atomic mass is 9.85. The van der Waals surface area contributed by atoms with E-state index in [0.717, 1.165) is 17.9 Å². The lowest BCUT2D eigenvalue weighted by Gasteiger charge is -2.28. The van der Waals surface area contributed by atoms with Gasteiger partial charge >= 0.3 is 0 Å². The normalized spacial score (nSPS) is 19.5. The van der Waals surface area contributed by atoms with Gasteiger partial charge in [-0.25, -0.2) is 0 Å². The van der Waals surface area contributed by atoms with Gasteiger partial charge in [0, 0.05) is 10.6 Å². The topological polar surface area (TPSA) is 26.0 Å². The van der Waals surface area contributed by atoms with E-state index in [1.54, 1.807) is 0 Å². The summed E-state index contributed by atoms with van der Waals surface area (Å²) < 4.78 is 0. The third kappa shape index (κ3) is 1.79. The molecule has 0 saturated heterocycles. The van der Waals surface area contributed by atoms with E-state index in [1.165, 1.54) is 29.5 Å². The summed E-state index contributed by atoms with van der Waals surface area (Å²) in [6, 6.07) is 4.05. The quantitative estimate of drug-likeness (QED) is 0.772. The van der Waals surface area contributed by atoms with Crippen LogP contribution in [0.15, 0.2) is 12.1 Å². The molecular weight excluding hydrogens is 206 g/mol. The lowest BCUT2D eigenvalue weighted by Crippen LogP contribution is -2.34. The van der Waals surface area contributed by atoms with Gasteiger partial charge in [-0.15, -0.1) is 0 Å². The summed E-state index contributed by atoms with van der Waals surface area (Å²) in [6.07, 6.45) is 4.58. The average molecular weight is 224 g/mol. The number of halogens is 1. The molecule has 2 N–H and O–H groups in total. The Kier molecular flexibility index (Phi) is 2.78. The summed E-state index contributed by atoms with van der Waals surface area (Å²) in [7, 11) is 0. The maximum Gasteiger partial charge on any atom is 0.0459 e. The minimum atomic E-state index is -0.173. The van der Waals surface area contributed by atoms with Crippen LogP contribution in [0, 0.1) is 13.8 Å². The van der Waals surface area contributed by atoms with Crippen LogP contribution in [0.2, 0.25) is 5.02 Å². The van der Waals surface area contributed by atoms with Crippen LogP contribution in [-0.2, 0) is 5.54 Å². The minimum absolute atomic E-state index is 0.173. The van der Waals surface area contributed by atoms with E-state index in [1.807, 2.05) is 6.07 Å². The summed E-state index contributed by atoms with van der Waals surface area (Å²) in [6.45, 7) is 4.25. The highest BCUT2D eigenvalue weighted by atomic mass is 35.5. The summed E-state index contributed by atoms with van der Waals surface area (Å²) >= 11 is 6.29. The molecule has 1 aromatic rings. The Labute approximate surface area is 96.6 Å². The SMILES string of the molecule is Cc1ccc(Cl)c(C2(N)CCCC2)c1C. The largest absolute Gasteiger partial charge is 0.321 e. The molecule has 0 aliphatic heterocycles. The number of nitrogens with two attached hydrogens (primary N) is 1. The van der Waals surface area contributed by atoms with Crippen molar-refractivity contribution in [1.29, 1.82) is 0 Å². The Morgan fingerprint density at radius 2 is 1.80 bits per heavy atom. The van der Waals surface area contributed by atoms with Crippen LogP contribution < -0.4 is 5.73 Å². The van der Waals surface area contributed by atoms with Gasteiger partial charge in [0.15, 0.2) is 0 Å². The first-order valence-electron chi connectivity index (χ1n) is 5.60. The van der Waals surface area contributed by atoms with E-state index in [2.05, 4.69) is 19.9 Å². The summed E-state index contributed by atoms with van der Waals surface area (Å²) in [4.78, 5) is 0. The molecule has 1 saturated carbocycles. The van der Waals surface area contributed by atoms with Crippen molar-refractivity contribution in [1.82, 2.24) is 0 Å². The zero-order valence-corrected chi connectivity index (χ0v) is 10.2. The molecule has 0 aromatic heterocycles. The van der Waals surface area contributed by atoms with Gasteiger partial charge in [-0.3, -0.25) is 0 Å². The number of hydrogen-bond donors (Lipinski definition) is 1. The van der Waals surface area contributed by atoms with E-state index in [9.17, 15) is 0 Å². The molecule has 1 fully saturated rings. The van der Waals surface area contributed by atoms with Crippen LogP contribution in [-0.4, -0.2) is 0 Å². The predicted molar refractivity (Wildman–Crippen MR) is 65.3 cm³/mol. The smallest absolute Gasteiger partial charge is 0.0459 e. The summed E-state index contributed by atoms with van der Waals surface area (Å²) in [5.41, 5.74) is 10.0. The monoisotopic (exact) mass is 223 g/mol. The zero-order chi connectivity index (χ0) is 11.1. The van der Waals surface area contributed by atoms with Crippen LogP contribution in [0.25, 0.3) is 0 Å². The van der Waals surface area contributed by atoms with E-state index in [0.29, 0.717) is 0 Å². The van der Waals surface area contributed by atoms with Crippen molar-refractivity contribution < 1.29 is 0 Å². The fraction of sp³-hybridized carbons (Fsp3) is 0.538. The zero-order valence-electron chi connectivity index (χ0n) is 9.44. The Morgan fingerprint density at radius 3 is 2.40 bits per heavy atom. The summed E-state index contributed by atoms with van der Waals surface area (Å²) in [5.74, 6) is 0. The van der Waals surface area contributed by atoms with Gasteiger partial charge in [-0.2, -0.15) is 0 Å². The van der Waals surface area contributed by atoms with Gasteiger partial charge in [0.1, 0.15) is 0 Å². The van der Waals surface area contributed by atoms with Gasteiger partial charge < -0.3 is 5.73 Å². The van der Waals surface area contributed by atoms with E-state index in [-0.39, 0.29) is 5.54 Å². The van der Waals surface area contributed by atoms with Crippen LogP contribution in [0.5, 0.6) is 0 Å². The molecule has 0 atom stereocenters. The molecule has 1 aliphatic rings. The van der Waals surface area contributed by atoms with Crippen molar-refractivity contribution in [2.24, 2.45) is 5.73 Å². The maximum atomic E-state index is 6.47. The number of aryl methyl sites for hydroxylation is 1. The maximum absolute atomic E-state index is 6.47. The van der Waals surface area contributed by atoms with E-state index >= 15 is 0 Å². The molecule has 0 spiro atoms. The Morgan fingerprint density at radius 1 is 1.20 bits per heavy atom. The molecule has 0 unspecified atom stereocenters. The molecule has 0 bridgehead atoms. The second-order valence-corrected chi connectivity index (χ2v) is 5.13. The Balaban J connectivity index is 2.55. The highest BCUT2D eigenvalue weighted by Gasteiger charge is 2.34.